The van der Waals surface area contributed by atoms with Crippen molar-refractivity contribution >= 4 is 34.8 Å². The van der Waals surface area contributed by atoms with E-state index in [4.69, 9.17) is 15.2 Å². The molecule has 0 aliphatic carbocycles. The Morgan fingerprint density at radius 1 is 1.07 bits per heavy atom. The second-order valence-corrected chi connectivity index (χ2v) is 10.6. The van der Waals surface area contributed by atoms with Crippen LogP contribution >= 0.6 is 0 Å². The molecule has 4 amide bonds. The fraction of sp³-hybridized carbons (Fsp3) is 0.517. The van der Waals surface area contributed by atoms with Gasteiger partial charge < -0.3 is 41.6 Å². The summed E-state index contributed by atoms with van der Waals surface area (Å²) < 4.78 is 12.7. The molecule has 7 N–H and O–H groups in total. The van der Waals surface area contributed by atoms with Gasteiger partial charge in [0.2, 0.25) is 5.91 Å². The molecule has 0 bridgehead atoms. The van der Waals surface area contributed by atoms with Crippen LogP contribution in [-0.4, -0.2) is 87.0 Å². The molecule has 1 aromatic carbocycles. The molecular weight excluding hydrogens is 570 g/mol. The van der Waals surface area contributed by atoms with Crippen molar-refractivity contribution in [2.24, 2.45) is 0 Å². The Labute approximate surface area is 255 Å². The van der Waals surface area contributed by atoms with E-state index in [1.54, 1.807) is 31.4 Å². The number of aromatic nitrogens is 4. The van der Waals surface area contributed by atoms with Gasteiger partial charge in [0.05, 0.1) is 19.5 Å². The number of methoxy groups -OCH3 is 1. The summed E-state index contributed by atoms with van der Waals surface area (Å²) in [5.41, 5.74) is 7.29. The quantitative estimate of drug-likeness (QED) is 0.141. The Balaban J connectivity index is 1.59. The van der Waals surface area contributed by atoms with E-state index in [0.29, 0.717) is 30.0 Å². The number of urea groups is 1. The molecule has 1 aliphatic rings. The highest BCUT2D eigenvalue weighted by Gasteiger charge is 2.49. The number of ether oxygens (including phenoxy) is 2. The maximum Gasteiger partial charge on any atom is 0.315 e. The van der Waals surface area contributed by atoms with Gasteiger partial charge in [-0.05, 0) is 30.5 Å². The average molecular weight is 612 g/mol. The van der Waals surface area contributed by atoms with Crippen LogP contribution in [-0.2, 0) is 20.7 Å². The van der Waals surface area contributed by atoms with Crippen LogP contribution in [0.3, 0.4) is 0 Å². The third kappa shape index (κ3) is 7.71. The summed E-state index contributed by atoms with van der Waals surface area (Å²) in [4.78, 5) is 52.2. The number of nitrogen functional groups attached to an aromatic ring is 1. The Bertz CT molecular complexity index is 1420. The highest BCUT2D eigenvalue weighted by Crippen LogP contribution is 2.32. The molecule has 1 fully saturated rings. The van der Waals surface area contributed by atoms with E-state index in [1.807, 2.05) is 13.8 Å². The fourth-order valence-electron chi connectivity index (χ4n) is 4.89. The molecule has 5 atom stereocenters. The molecular formula is C29H41N9O6. The lowest BCUT2D eigenvalue weighted by atomic mass is 10.0. The molecule has 3 heterocycles. The molecule has 5 unspecified atom stereocenters. The number of carbonyl (C=O) groups excluding carboxylic acids is 3. The van der Waals surface area contributed by atoms with E-state index >= 15 is 0 Å². The van der Waals surface area contributed by atoms with E-state index in [1.165, 1.54) is 17.2 Å². The molecule has 15 nitrogen and oxygen atoms in total. The third-order valence-corrected chi connectivity index (χ3v) is 7.37. The number of anilines is 1. The van der Waals surface area contributed by atoms with Gasteiger partial charge in [-0.3, -0.25) is 14.2 Å². The number of aliphatic hydroxyl groups excluding tert-OH is 1. The number of nitrogens with one attached hydrogen (secondary N) is 4. The van der Waals surface area contributed by atoms with Crippen LogP contribution in [0.15, 0.2) is 36.9 Å². The normalized spacial score (nSPS) is 20.2. The van der Waals surface area contributed by atoms with Crippen molar-refractivity contribution in [3.63, 3.8) is 0 Å². The number of aliphatic hydroxyl groups is 1. The minimum Gasteiger partial charge on any atom is -0.497 e. The lowest BCUT2D eigenvalue weighted by molar-refractivity contribution is -0.135. The summed E-state index contributed by atoms with van der Waals surface area (Å²) >= 11 is 0. The van der Waals surface area contributed by atoms with Crippen LogP contribution in [0.2, 0.25) is 0 Å². The Hall–Kier alpha value is -4.50. The van der Waals surface area contributed by atoms with Crippen molar-refractivity contribution in [3.05, 3.63) is 42.5 Å². The van der Waals surface area contributed by atoms with Gasteiger partial charge in [0, 0.05) is 19.5 Å². The lowest BCUT2D eigenvalue weighted by Gasteiger charge is -2.25. The SMILES string of the molecule is CCCCNC(=O)NC(Cc1ccc(OC)cc1)C(=O)NC1C(C(=O)NCCCC)OC(n2cnc3c(N)ncnc32)C1O. The molecule has 0 saturated carbocycles. The fourth-order valence-corrected chi connectivity index (χ4v) is 4.89. The monoisotopic (exact) mass is 611 g/mol. The van der Waals surface area contributed by atoms with Gasteiger partial charge in [0.15, 0.2) is 23.8 Å². The number of imidazole rings is 1. The van der Waals surface area contributed by atoms with Crippen molar-refractivity contribution in [1.82, 2.24) is 40.8 Å². The first-order valence-corrected chi connectivity index (χ1v) is 14.8. The third-order valence-electron chi connectivity index (χ3n) is 7.37. The summed E-state index contributed by atoms with van der Waals surface area (Å²) in [7, 11) is 1.55. The number of carbonyl (C=O) groups is 3. The average Bonchev–Trinajstić information content (AvgIpc) is 3.59. The smallest absolute Gasteiger partial charge is 0.315 e. The van der Waals surface area contributed by atoms with E-state index in [9.17, 15) is 19.5 Å². The van der Waals surface area contributed by atoms with Gasteiger partial charge in [-0.15, -0.1) is 0 Å². The van der Waals surface area contributed by atoms with Gasteiger partial charge in [-0.2, -0.15) is 0 Å². The predicted molar refractivity (Wildman–Crippen MR) is 161 cm³/mol. The number of rotatable bonds is 14. The standard InChI is InChI=1S/C29H41N9O6/c1-4-6-12-31-27(41)23-20(22(39)28(44-23)38-16-35-21-24(30)33-15-34-25(21)38)37-26(40)19(36-29(42)32-13-7-5-2)14-17-8-10-18(43-3)11-9-17/h8-11,15-16,19-20,22-23,28,39H,4-7,12-14H2,1-3H3,(H,31,41)(H,37,40)(H2,30,33,34)(H2,32,36,42). The molecule has 4 rings (SSSR count). The first-order chi connectivity index (χ1) is 21.3. The van der Waals surface area contributed by atoms with Crippen LogP contribution in [0.5, 0.6) is 5.75 Å². The Morgan fingerprint density at radius 3 is 2.45 bits per heavy atom. The topological polar surface area (TPSA) is 208 Å². The van der Waals surface area contributed by atoms with E-state index in [0.717, 1.165) is 31.2 Å². The summed E-state index contributed by atoms with van der Waals surface area (Å²) in [5.74, 6) is -0.313. The maximum absolute atomic E-state index is 13.8. The van der Waals surface area contributed by atoms with Crippen LogP contribution in [0.4, 0.5) is 10.6 Å². The molecule has 3 aromatic rings. The summed E-state index contributed by atoms with van der Waals surface area (Å²) in [6.45, 7) is 4.84. The second kappa shape index (κ2) is 15.3. The van der Waals surface area contributed by atoms with Crippen LogP contribution in [0.25, 0.3) is 11.2 Å². The van der Waals surface area contributed by atoms with Crippen molar-refractivity contribution in [3.8, 4) is 5.75 Å². The number of hydrogen-bond acceptors (Lipinski definition) is 10. The van der Waals surface area contributed by atoms with Gasteiger partial charge in [-0.1, -0.05) is 38.8 Å². The molecule has 1 aliphatic heterocycles. The lowest BCUT2D eigenvalue weighted by Crippen LogP contribution is -2.58. The summed E-state index contributed by atoms with van der Waals surface area (Å²) in [5, 5.41) is 22.6. The minimum atomic E-state index is -1.39. The van der Waals surface area contributed by atoms with Crippen molar-refractivity contribution in [2.75, 3.05) is 25.9 Å². The predicted octanol–water partition coefficient (Wildman–Crippen LogP) is 0.787. The molecule has 238 valence electrons. The van der Waals surface area contributed by atoms with Crippen molar-refractivity contribution < 1.29 is 29.0 Å². The Morgan fingerprint density at radius 2 is 1.77 bits per heavy atom. The van der Waals surface area contributed by atoms with Crippen molar-refractivity contribution in [2.45, 2.75) is 76.5 Å². The number of nitrogens with two attached hydrogens (primary N) is 1. The molecule has 15 heteroatoms. The van der Waals surface area contributed by atoms with Gasteiger partial charge in [-0.25, -0.2) is 19.7 Å². The van der Waals surface area contributed by atoms with Crippen LogP contribution < -0.4 is 31.7 Å². The largest absolute Gasteiger partial charge is 0.497 e. The highest BCUT2D eigenvalue weighted by molar-refractivity contribution is 5.89. The number of amides is 4. The summed E-state index contributed by atoms with van der Waals surface area (Å²) in [6, 6.07) is 4.38. The van der Waals surface area contributed by atoms with Gasteiger partial charge in [0.25, 0.3) is 5.91 Å². The van der Waals surface area contributed by atoms with Crippen molar-refractivity contribution in [1.29, 1.82) is 0 Å². The maximum atomic E-state index is 13.8. The molecule has 44 heavy (non-hydrogen) atoms. The van der Waals surface area contributed by atoms with Crippen LogP contribution in [0, 0.1) is 0 Å². The number of hydrogen-bond donors (Lipinski definition) is 6. The number of benzene rings is 1. The van der Waals surface area contributed by atoms with E-state index in [2.05, 4.69) is 36.2 Å². The molecule has 0 spiro atoms. The molecule has 2 aromatic heterocycles. The zero-order valence-electron chi connectivity index (χ0n) is 25.2. The molecule has 0 radical (unpaired) electrons. The van der Waals surface area contributed by atoms with E-state index < -0.39 is 48.4 Å². The Kier molecular flexibility index (Phi) is 11.3. The first-order valence-electron chi connectivity index (χ1n) is 14.8. The zero-order valence-corrected chi connectivity index (χ0v) is 25.2. The minimum absolute atomic E-state index is 0.139. The second-order valence-electron chi connectivity index (χ2n) is 10.6. The van der Waals surface area contributed by atoms with Gasteiger partial charge in [0.1, 0.15) is 29.7 Å². The van der Waals surface area contributed by atoms with Gasteiger partial charge >= 0.3 is 6.03 Å². The highest BCUT2D eigenvalue weighted by atomic mass is 16.5. The molecule has 1 saturated heterocycles. The number of nitrogens with zero attached hydrogens (tertiary/aromatic N) is 4. The van der Waals surface area contributed by atoms with Crippen LogP contribution in [0.1, 0.15) is 51.3 Å². The van der Waals surface area contributed by atoms with E-state index in [-0.39, 0.29) is 12.2 Å². The number of fused-ring (bicyclic) bond motifs is 1. The summed E-state index contributed by atoms with van der Waals surface area (Å²) in [6.07, 6.45) is 2.27. The number of unbranched alkanes of at least 4 members (excludes halogenated alkanes) is 2. The first kappa shape index (κ1) is 32.4. The zero-order chi connectivity index (χ0) is 31.6.